The number of furan rings is 1. The molecule has 0 saturated carbocycles. The lowest BCUT2D eigenvalue weighted by Gasteiger charge is -2.29. The van der Waals surface area contributed by atoms with Crippen molar-refractivity contribution in [1.82, 2.24) is 20.5 Å². The van der Waals surface area contributed by atoms with Crippen molar-refractivity contribution in [2.75, 3.05) is 13.7 Å². The Hall–Kier alpha value is -3.92. The number of hydrogen-bond acceptors (Lipinski definition) is 7. The third-order valence-electron chi connectivity index (χ3n) is 6.15. The van der Waals surface area contributed by atoms with Crippen molar-refractivity contribution in [1.29, 1.82) is 0 Å². The van der Waals surface area contributed by atoms with Gasteiger partial charge in [0.05, 0.1) is 28.9 Å². The molecule has 10 heteroatoms. The second-order valence-corrected chi connectivity index (χ2v) is 9.40. The van der Waals surface area contributed by atoms with Crippen molar-refractivity contribution in [3.05, 3.63) is 58.3 Å². The first-order chi connectivity index (χ1) is 15.9. The van der Waals surface area contributed by atoms with Crippen LogP contribution in [0, 0.1) is 6.92 Å². The maximum Gasteiger partial charge on any atom is 0.322 e. The van der Waals surface area contributed by atoms with Gasteiger partial charge in [0.1, 0.15) is 17.1 Å². The van der Waals surface area contributed by atoms with Gasteiger partial charge in [-0.1, -0.05) is 6.07 Å². The van der Waals surface area contributed by atoms with Crippen molar-refractivity contribution < 1.29 is 23.5 Å². The Kier molecular flexibility index (Phi) is 4.06. The standard InChI is InChI=1S/C23H18N4O5S/c1-11-24-19-15-8-18(32-16(15)5-6-17(19)33-11)23(21(29)25-22(30)26-23)10-27-9-12-3-4-13(31-2)7-14(12)20(27)28/h3-8H,9-10H2,1-2H3,(H2,25,26,29,30). The lowest BCUT2D eigenvalue weighted by atomic mass is 9.95. The summed E-state index contributed by atoms with van der Waals surface area (Å²) >= 11 is 1.57. The minimum absolute atomic E-state index is 0.0839. The summed E-state index contributed by atoms with van der Waals surface area (Å²) in [7, 11) is 1.54. The van der Waals surface area contributed by atoms with Gasteiger partial charge in [-0.15, -0.1) is 11.3 Å². The Morgan fingerprint density at radius 3 is 2.82 bits per heavy atom. The molecule has 9 nitrogen and oxygen atoms in total. The Morgan fingerprint density at radius 1 is 1.21 bits per heavy atom. The maximum absolute atomic E-state index is 13.2. The molecule has 2 aliphatic heterocycles. The van der Waals surface area contributed by atoms with Crippen LogP contribution in [0.1, 0.15) is 26.7 Å². The molecule has 0 radical (unpaired) electrons. The molecule has 0 aliphatic carbocycles. The number of ether oxygens (including phenoxy) is 1. The van der Waals surface area contributed by atoms with E-state index in [4.69, 9.17) is 9.15 Å². The second kappa shape index (κ2) is 6.79. The van der Waals surface area contributed by atoms with E-state index in [0.29, 0.717) is 23.4 Å². The average molecular weight is 462 g/mol. The number of methoxy groups -OCH3 is 1. The first kappa shape index (κ1) is 19.7. The molecular weight excluding hydrogens is 444 g/mol. The number of urea groups is 1. The van der Waals surface area contributed by atoms with Crippen LogP contribution in [0.4, 0.5) is 4.79 Å². The Labute approximate surface area is 191 Å². The minimum atomic E-state index is -1.56. The van der Waals surface area contributed by atoms with Gasteiger partial charge in [-0.25, -0.2) is 9.78 Å². The highest BCUT2D eigenvalue weighted by atomic mass is 32.1. The first-order valence-electron chi connectivity index (χ1n) is 10.3. The number of hydrogen-bond donors (Lipinski definition) is 2. The number of nitrogens with zero attached hydrogens (tertiary/aromatic N) is 2. The van der Waals surface area contributed by atoms with Crippen LogP contribution in [0.25, 0.3) is 21.2 Å². The van der Waals surface area contributed by atoms with Gasteiger partial charge in [0.25, 0.3) is 11.8 Å². The number of thiazole rings is 1. The molecule has 0 spiro atoms. The highest BCUT2D eigenvalue weighted by Gasteiger charge is 2.53. The normalized spacial score (nSPS) is 19.9. The van der Waals surface area contributed by atoms with Crippen LogP contribution in [0.15, 0.2) is 40.8 Å². The van der Waals surface area contributed by atoms with E-state index in [2.05, 4.69) is 15.6 Å². The molecule has 2 aromatic heterocycles. The lowest BCUT2D eigenvalue weighted by molar-refractivity contribution is -0.125. The van der Waals surface area contributed by atoms with Crippen molar-refractivity contribution in [3.63, 3.8) is 0 Å². The third-order valence-corrected chi connectivity index (χ3v) is 7.08. The molecule has 4 aromatic rings. The number of rotatable bonds is 4. The molecule has 166 valence electrons. The summed E-state index contributed by atoms with van der Waals surface area (Å²) in [6, 6.07) is 10.1. The molecule has 1 fully saturated rings. The summed E-state index contributed by atoms with van der Waals surface area (Å²) in [6.45, 7) is 2.15. The van der Waals surface area contributed by atoms with E-state index in [1.807, 2.05) is 25.1 Å². The van der Waals surface area contributed by atoms with Crippen LogP contribution < -0.4 is 15.4 Å². The van der Waals surface area contributed by atoms with Gasteiger partial charge in [-0.3, -0.25) is 14.9 Å². The number of amides is 4. The summed E-state index contributed by atoms with van der Waals surface area (Å²) < 4.78 is 12.3. The zero-order valence-electron chi connectivity index (χ0n) is 17.7. The fraction of sp³-hybridized carbons (Fsp3) is 0.217. The maximum atomic E-state index is 13.2. The third kappa shape index (κ3) is 2.83. The molecule has 0 bridgehead atoms. The van der Waals surface area contributed by atoms with E-state index in [9.17, 15) is 14.4 Å². The number of benzene rings is 2. The molecule has 1 saturated heterocycles. The number of aryl methyl sites for hydroxylation is 1. The van der Waals surface area contributed by atoms with E-state index in [-0.39, 0.29) is 18.2 Å². The van der Waals surface area contributed by atoms with Crippen LogP contribution in [0.3, 0.4) is 0 Å². The van der Waals surface area contributed by atoms with Gasteiger partial charge in [0, 0.05) is 17.5 Å². The minimum Gasteiger partial charge on any atom is -0.497 e. The Bertz CT molecular complexity index is 1510. The van der Waals surface area contributed by atoms with Gasteiger partial charge >= 0.3 is 6.03 Å². The van der Waals surface area contributed by atoms with Crippen LogP contribution in [-0.4, -0.2) is 41.4 Å². The monoisotopic (exact) mass is 462 g/mol. The first-order valence-corrected chi connectivity index (χ1v) is 11.1. The van der Waals surface area contributed by atoms with Crippen LogP contribution >= 0.6 is 11.3 Å². The summed E-state index contributed by atoms with van der Waals surface area (Å²) in [4.78, 5) is 44.6. The summed E-state index contributed by atoms with van der Waals surface area (Å²) in [5, 5.41) is 6.68. The molecule has 2 aromatic carbocycles. The highest BCUT2D eigenvalue weighted by Crippen LogP contribution is 2.37. The van der Waals surface area contributed by atoms with Crippen molar-refractivity contribution in [3.8, 4) is 5.75 Å². The molecule has 1 atom stereocenters. The Morgan fingerprint density at radius 2 is 2.06 bits per heavy atom. The van der Waals surface area contributed by atoms with E-state index in [1.165, 1.54) is 12.0 Å². The predicted molar refractivity (Wildman–Crippen MR) is 120 cm³/mol. The van der Waals surface area contributed by atoms with E-state index >= 15 is 0 Å². The highest BCUT2D eigenvalue weighted by molar-refractivity contribution is 7.18. The number of imide groups is 1. The SMILES string of the molecule is COc1ccc2c(c1)C(=O)N(CC1(c3cc4c(ccc5sc(C)nc54)o3)NC(=O)NC1=O)C2. The summed E-state index contributed by atoms with van der Waals surface area (Å²) in [5.41, 5.74) is 1.11. The predicted octanol–water partition coefficient (Wildman–Crippen LogP) is 3.05. The van der Waals surface area contributed by atoms with Gasteiger partial charge in [-0.2, -0.15) is 0 Å². The fourth-order valence-corrected chi connectivity index (χ4v) is 5.40. The zero-order valence-corrected chi connectivity index (χ0v) is 18.5. The number of aromatic nitrogens is 1. The molecule has 2 N–H and O–H groups in total. The topological polar surface area (TPSA) is 114 Å². The van der Waals surface area contributed by atoms with Crippen LogP contribution in [0.2, 0.25) is 0 Å². The number of nitrogens with one attached hydrogen (secondary N) is 2. The van der Waals surface area contributed by atoms with E-state index in [0.717, 1.165) is 26.2 Å². The quantitative estimate of drug-likeness (QED) is 0.451. The second-order valence-electron chi connectivity index (χ2n) is 8.17. The number of carbonyl (C=O) groups is 3. The largest absolute Gasteiger partial charge is 0.497 e. The van der Waals surface area contributed by atoms with E-state index < -0.39 is 17.5 Å². The van der Waals surface area contributed by atoms with Crippen LogP contribution in [-0.2, 0) is 16.9 Å². The molecule has 33 heavy (non-hydrogen) atoms. The van der Waals surface area contributed by atoms with Crippen molar-refractivity contribution in [2.24, 2.45) is 0 Å². The molecule has 1 unspecified atom stereocenters. The number of carbonyl (C=O) groups excluding carboxylic acids is 3. The Balaban J connectivity index is 1.44. The van der Waals surface area contributed by atoms with Crippen molar-refractivity contribution >= 4 is 50.4 Å². The van der Waals surface area contributed by atoms with Gasteiger partial charge in [0.2, 0.25) is 0 Å². The van der Waals surface area contributed by atoms with Gasteiger partial charge in [0.15, 0.2) is 5.54 Å². The fourth-order valence-electron chi connectivity index (χ4n) is 4.56. The number of fused-ring (bicyclic) bond motifs is 4. The van der Waals surface area contributed by atoms with E-state index in [1.54, 1.807) is 29.5 Å². The molecule has 6 rings (SSSR count). The van der Waals surface area contributed by atoms with Crippen LogP contribution in [0.5, 0.6) is 5.75 Å². The van der Waals surface area contributed by atoms with Crippen molar-refractivity contribution in [2.45, 2.75) is 19.0 Å². The lowest BCUT2D eigenvalue weighted by Crippen LogP contribution is -2.52. The molecule has 4 amide bonds. The summed E-state index contributed by atoms with van der Waals surface area (Å²) in [5.74, 6) is 0.00946. The van der Waals surface area contributed by atoms with Gasteiger partial charge < -0.3 is 19.4 Å². The van der Waals surface area contributed by atoms with Gasteiger partial charge in [-0.05, 0) is 42.8 Å². The zero-order chi connectivity index (χ0) is 22.9. The molecule has 4 heterocycles. The molecule has 2 aliphatic rings. The summed E-state index contributed by atoms with van der Waals surface area (Å²) in [6.07, 6.45) is 0. The molecular formula is C23H18N4O5S. The smallest absolute Gasteiger partial charge is 0.322 e. The average Bonchev–Trinajstić information content (AvgIpc) is 3.52.